The highest BCUT2D eigenvalue weighted by molar-refractivity contribution is 5.81. The van der Waals surface area contributed by atoms with Crippen LogP contribution in [0.2, 0.25) is 0 Å². The number of halogens is 1. The Kier molecular flexibility index (Phi) is 5.92. The molecule has 0 unspecified atom stereocenters. The molecule has 162 valence electrons. The first-order valence-electron chi connectivity index (χ1n) is 10.6. The molecule has 1 aromatic heterocycles. The van der Waals surface area contributed by atoms with Gasteiger partial charge in [-0.3, -0.25) is 9.69 Å². The second-order valence-corrected chi connectivity index (χ2v) is 8.40. The molecule has 3 aromatic rings. The van der Waals surface area contributed by atoms with Gasteiger partial charge in [0.2, 0.25) is 11.8 Å². The fraction of sp³-hybridized carbons (Fsp3) is 0.360. The number of carbonyl (C=O) groups excluding carboxylic acids is 1. The predicted molar refractivity (Wildman–Crippen MR) is 119 cm³/mol. The van der Waals surface area contributed by atoms with Gasteiger partial charge in [-0.05, 0) is 55.7 Å². The van der Waals surface area contributed by atoms with Crippen LogP contribution in [-0.2, 0) is 16.9 Å². The summed E-state index contributed by atoms with van der Waals surface area (Å²) in [6, 6.07) is 14.8. The van der Waals surface area contributed by atoms with Gasteiger partial charge in [-0.25, -0.2) is 9.37 Å². The Morgan fingerprint density at radius 3 is 2.52 bits per heavy atom. The van der Waals surface area contributed by atoms with E-state index in [0.29, 0.717) is 5.88 Å². The summed E-state index contributed by atoms with van der Waals surface area (Å²) in [5.41, 5.74) is 3.64. The number of fused-ring (bicyclic) bond motifs is 1. The number of piperidine rings is 1. The van der Waals surface area contributed by atoms with Gasteiger partial charge in [0, 0.05) is 37.5 Å². The van der Waals surface area contributed by atoms with Gasteiger partial charge >= 0.3 is 0 Å². The molecular weight excluding hydrogens is 393 g/mol. The Morgan fingerprint density at radius 1 is 1.16 bits per heavy atom. The van der Waals surface area contributed by atoms with Crippen molar-refractivity contribution < 1.29 is 13.9 Å². The Hall–Kier alpha value is -2.99. The highest BCUT2D eigenvalue weighted by Crippen LogP contribution is 2.34. The number of amides is 1. The SMILES string of the molecule is COc1nc2ccc(C)cc2cc1CN1CCC(NC(C)=O)(c2ccc(F)cc2)CC1. The van der Waals surface area contributed by atoms with Gasteiger partial charge in [0.05, 0.1) is 18.2 Å². The number of nitrogens with one attached hydrogen (secondary N) is 1. The van der Waals surface area contributed by atoms with Crippen LogP contribution < -0.4 is 10.1 Å². The number of aromatic nitrogens is 1. The van der Waals surface area contributed by atoms with E-state index in [1.54, 1.807) is 19.2 Å². The minimum absolute atomic E-state index is 0.0754. The lowest BCUT2D eigenvalue weighted by atomic mass is 9.80. The van der Waals surface area contributed by atoms with Crippen molar-refractivity contribution in [2.24, 2.45) is 0 Å². The normalized spacial score (nSPS) is 16.3. The number of hydrogen-bond donors (Lipinski definition) is 1. The summed E-state index contributed by atoms with van der Waals surface area (Å²) < 4.78 is 19.0. The lowest BCUT2D eigenvalue weighted by molar-refractivity contribution is -0.121. The summed E-state index contributed by atoms with van der Waals surface area (Å²) in [7, 11) is 1.65. The first kappa shape index (κ1) is 21.2. The molecule has 0 bridgehead atoms. The third kappa shape index (κ3) is 4.54. The lowest BCUT2D eigenvalue weighted by Gasteiger charge is -2.42. The molecule has 0 atom stereocenters. The number of carbonyl (C=O) groups is 1. The number of nitrogens with zero attached hydrogens (tertiary/aromatic N) is 2. The first-order valence-corrected chi connectivity index (χ1v) is 10.6. The van der Waals surface area contributed by atoms with Gasteiger partial charge in [0.1, 0.15) is 5.82 Å². The molecule has 1 fully saturated rings. The van der Waals surface area contributed by atoms with Crippen LogP contribution in [0.25, 0.3) is 10.9 Å². The summed E-state index contributed by atoms with van der Waals surface area (Å²) in [6.45, 7) is 5.93. The number of pyridine rings is 1. The van der Waals surface area contributed by atoms with Crippen molar-refractivity contribution in [1.29, 1.82) is 0 Å². The molecule has 1 amide bonds. The van der Waals surface area contributed by atoms with E-state index in [-0.39, 0.29) is 11.7 Å². The number of rotatable bonds is 5. The smallest absolute Gasteiger partial charge is 0.218 e. The first-order chi connectivity index (χ1) is 14.9. The van der Waals surface area contributed by atoms with E-state index >= 15 is 0 Å². The summed E-state index contributed by atoms with van der Waals surface area (Å²) >= 11 is 0. The van der Waals surface area contributed by atoms with Crippen LogP contribution in [0.3, 0.4) is 0 Å². The van der Waals surface area contributed by atoms with E-state index in [4.69, 9.17) is 4.74 Å². The fourth-order valence-corrected chi connectivity index (χ4v) is 4.54. The molecule has 1 aliphatic heterocycles. The minimum atomic E-state index is -0.473. The van der Waals surface area contributed by atoms with Crippen LogP contribution >= 0.6 is 0 Å². The quantitative estimate of drug-likeness (QED) is 0.667. The van der Waals surface area contributed by atoms with Gasteiger partial charge in [-0.2, -0.15) is 0 Å². The van der Waals surface area contributed by atoms with Crippen LogP contribution in [0.15, 0.2) is 48.5 Å². The Bertz CT molecular complexity index is 1090. The van der Waals surface area contributed by atoms with E-state index in [2.05, 4.69) is 40.3 Å². The number of likely N-dealkylation sites (tertiary alicyclic amines) is 1. The van der Waals surface area contributed by atoms with Crippen LogP contribution in [0.5, 0.6) is 5.88 Å². The standard InChI is InChI=1S/C25H28FN3O2/c1-17-4-9-23-19(14-17)15-20(24(27-23)31-3)16-29-12-10-25(11-13-29,28-18(2)30)21-5-7-22(26)8-6-21/h4-9,14-15H,10-13,16H2,1-3H3,(H,28,30). The molecular formula is C25H28FN3O2. The van der Waals surface area contributed by atoms with Crippen LogP contribution in [0, 0.1) is 12.7 Å². The molecule has 4 rings (SSSR count). The van der Waals surface area contributed by atoms with E-state index in [1.165, 1.54) is 24.6 Å². The molecule has 2 heterocycles. The predicted octanol–water partition coefficient (Wildman–Crippen LogP) is 4.32. The summed E-state index contributed by atoms with van der Waals surface area (Å²) in [5, 5.41) is 4.25. The number of aryl methyl sites for hydroxylation is 1. The second kappa shape index (κ2) is 8.63. The molecule has 0 spiro atoms. The highest BCUT2D eigenvalue weighted by atomic mass is 19.1. The largest absolute Gasteiger partial charge is 0.481 e. The third-order valence-corrected chi connectivity index (χ3v) is 6.12. The lowest BCUT2D eigenvalue weighted by Crippen LogP contribution is -2.52. The molecule has 6 heteroatoms. The van der Waals surface area contributed by atoms with Gasteiger partial charge in [0.25, 0.3) is 0 Å². The highest BCUT2D eigenvalue weighted by Gasteiger charge is 2.37. The average molecular weight is 422 g/mol. The van der Waals surface area contributed by atoms with Crippen molar-refractivity contribution >= 4 is 16.8 Å². The maximum Gasteiger partial charge on any atom is 0.218 e. The molecule has 1 aliphatic rings. The van der Waals surface area contributed by atoms with E-state index in [1.807, 2.05) is 6.07 Å². The van der Waals surface area contributed by atoms with E-state index < -0.39 is 5.54 Å². The zero-order chi connectivity index (χ0) is 22.0. The van der Waals surface area contributed by atoms with Gasteiger partial charge in [-0.1, -0.05) is 23.8 Å². The van der Waals surface area contributed by atoms with Crippen molar-refractivity contribution in [2.75, 3.05) is 20.2 Å². The van der Waals surface area contributed by atoms with Crippen molar-refractivity contribution in [2.45, 2.75) is 38.8 Å². The average Bonchev–Trinajstić information content (AvgIpc) is 2.74. The minimum Gasteiger partial charge on any atom is -0.481 e. The Balaban J connectivity index is 1.55. The van der Waals surface area contributed by atoms with Crippen molar-refractivity contribution in [3.05, 3.63) is 71.0 Å². The topological polar surface area (TPSA) is 54.5 Å². The summed E-state index contributed by atoms with van der Waals surface area (Å²) in [5.74, 6) is 0.299. The molecule has 5 nitrogen and oxygen atoms in total. The van der Waals surface area contributed by atoms with Crippen molar-refractivity contribution in [3.8, 4) is 5.88 Å². The Morgan fingerprint density at radius 2 is 1.87 bits per heavy atom. The van der Waals surface area contributed by atoms with Gasteiger partial charge in [-0.15, -0.1) is 0 Å². The van der Waals surface area contributed by atoms with Gasteiger partial charge in [0.15, 0.2) is 0 Å². The third-order valence-electron chi connectivity index (χ3n) is 6.12. The number of methoxy groups -OCH3 is 1. The molecule has 1 N–H and O–H groups in total. The number of hydrogen-bond acceptors (Lipinski definition) is 4. The molecule has 31 heavy (non-hydrogen) atoms. The van der Waals surface area contributed by atoms with Crippen LogP contribution in [-0.4, -0.2) is 36.0 Å². The monoisotopic (exact) mass is 421 g/mol. The van der Waals surface area contributed by atoms with Crippen molar-refractivity contribution in [1.82, 2.24) is 15.2 Å². The maximum absolute atomic E-state index is 13.4. The van der Waals surface area contributed by atoms with Crippen LogP contribution in [0.1, 0.15) is 36.5 Å². The number of ether oxygens (including phenoxy) is 1. The maximum atomic E-state index is 13.4. The number of benzene rings is 2. The molecule has 2 aromatic carbocycles. The van der Waals surface area contributed by atoms with E-state index in [0.717, 1.165) is 54.5 Å². The van der Waals surface area contributed by atoms with Gasteiger partial charge < -0.3 is 10.1 Å². The fourth-order valence-electron chi connectivity index (χ4n) is 4.54. The zero-order valence-electron chi connectivity index (χ0n) is 18.2. The molecule has 1 saturated heterocycles. The van der Waals surface area contributed by atoms with Crippen molar-refractivity contribution in [3.63, 3.8) is 0 Å². The summed E-state index contributed by atoms with van der Waals surface area (Å²) in [6.07, 6.45) is 1.50. The summed E-state index contributed by atoms with van der Waals surface area (Å²) in [4.78, 5) is 19.0. The molecule has 0 saturated carbocycles. The molecule has 0 aliphatic carbocycles. The molecule has 0 radical (unpaired) electrons. The van der Waals surface area contributed by atoms with E-state index in [9.17, 15) is 9.18 Å². The Labute approximate surface area is 182 Å². The second-order valence-electron chi connectivity index (χ2n) is 8.40. The zero-order valence-corrected chi connectivity index (χ0v) is 18.2. The van der Waals surface area contributed by atoms with Crippen LogP contribution in [0.4, 0.5) is 4.39 Å².